The summed E-state index contributed by atoms with van der Waals surface area (Å²) in [5.41, 5.74) is 6.04. The number of halogens is 1. The number of carbonyl (C=O) groups is 2. The number of benzene rings is 1. The normalized spacial score (nSPS) is 12.3. The Hall–Kier alpha value is -1.40. The lowest BCUT2D eigenvalue weighted by molar-refractivity contribution is -0.117. The number of carbonyl (C=O) groups excluding carboxylic acids is 1. The van der Waals surface area contributed by atoms with Crippen molar-refractivity contribution in [2.75, 3.05) is 5.32 Å². The maximum Gasteiger partial charge on any atom is 0.337 e. The highest BCUT2D eigenvalue weighted by Crippen LogP contribution is 2.22. The third-order valence-corrected chi connectivity index (χ3v) is 3.03. The highest BCUT2D eigenvalue weighted by molar-refractivity contribution is 9.10. The molecule has 5 nitrogen and oxygen atoms in total. The van der Waals surface area contributed by atoms with Gasteiger partial charge in [0.15, 0.2) is 0 Å². The molecule has 0 spiro atoms. The van der Waals surface area contributed by atoms with Crippen LogP contribution in [-0.2, 0) is 4.79 Å². The molecule has 0 aliphatic rings. The predicted octanol–water partition coefficient (Wildman–Crippen LogP) is 2.46. The summed E-state index contributed by atoms with van der Waals surface area (Å²) in [5.74, 6) is -1.18. The monoisotopic (exact) mass is 328 g/mol. The Morgan fingerprint density at radius 2 is 2.05 bits per heavy atom. The number of nitrogens with one attached hydrogen (secondary N) is 1. The number of hydrogen-bond acceptors (Lipinski definition) is 3. The fourth-order valence-corrected chi connectivity index (χ4v) is 2.01. The Morgan fingerprint density at radius 3 is 2.58 bits per heavy atom. The number of aromatic carboxylic acids is 1. The molecular weight excluding hydrogens is 312 g/mol. The molecule has 0 aliphatic heterocycles. The molecule has 1 aromatic rings. The molecule has 0 heterocycles. The van der Waals surface area contributed by atoms with Gasteiger partial charge in [0.05, 0.1) is 17.3 Å². The largest absolute Gasteiger partial charge is 0.478 e. The molecule has 1 atom stereocenters. The van der Waals surface area contributed by atoms with Gasteiger partial charge >= 0.3 is 5.97 Å². The molecule has 0 bridgehead atoms. The summed E-state index contributed by atoms with van der Waals surface area (Å²) in [7, 11) is 0. The van der Waals surface area contributed by atoms with Crippen molar-refractivity contribution in [3.05, 3.63) is 28.2 Å². The van der Waals surface area contributed by atoms with Crippen LogP contribution in [0.25, 0.3) is 0 Å². The summed E-state index contributed by atoms with van der Waals surface area (Å²) in [6.07, 6.45) is 0.544. The van der Waals surface area contributed by atoms with E-state index in [1.54, 1.807) is 12.1 Å². The van der Waals surface area contributed by atoms with Crippen molar-refractivity contribution in [3.8, 4) is 0 Å². The van der Waals surface area contributed by atoms with E-state index < -0.39 is 12.0 Å². The van der Waals surface area contributed by atoms with Gasteiger partial charge in [0.2, 0.25) is 5.91 Å². The summed E-state index contributed by atoms with van der Waals surface area (Å²) in [6.45, 7) is 3.93. The van der Waals surface area contributed by atoms with E-state index in [2.05, 4.69) is 21.2 Å². The van der Waals surface area contributed by atoms with E-state index in [9.17, 15) is 9.59 Å². The van der Waals surface area contributed by atoms with Crippen molar-refractivity contribution < 1.29 is 14.7 Å². The standard InChI is InChI=1S/C13H17BrN2O3/c1-7(2)5-10(15)12(17)16-11-6-8(14)3-4-9(11)13(18)19/h3-4,6-7,10H,5,15H2,1-2H3,(H,16,17)(H,18,19)/t10-/m0/s1. The van der Waals surface area contributed by atoms with E-state index in [0.29, 0.717) is 16.8 Å². The van der Waals surface area contributed by atoms with Gasteiger partial charge in [-0.2, -0.15) is 0 Å². The van der Waals surface area contributed by atoms with Crippen molar-refractivity contribution in [2.45, 2.75) is 26.3 Å². The lowest BCUT2D eigenvalue weighted by Crippen LogP contribution is -2.37. The zero-order chi connectivity index (χ0) is 14.6. The van der Waals surface area contributed by atoms with E-state index in [1.165, 1.54) is 6.07 Å². The SMILES string of the molecule is CC(C)C[C@H](N)C(=O)Nc1cc(Br)ccc1C(=O)O. The maximum atomic E-state index is 11.9. The van der Waals surface area contributed by atoms with Crippen LogP contribution >= 0.6 is 15.9 Å². The van der Waals surface area contributed by atoms with E-state index in [4.69, 9.17) is 10.8 Å². The summed E-state index contributed by atoms with van der Waals surface area (Å²) in [4.78, 5) is 23.0. The Balaban J connectivity index is 2.89. The molecule has 1 aromatic carbocycles. The zero-order valence-corrected chi connectivity index (χ0v) is 12.4. The minimum atomic E-state index is -1.10. The third-order valence-electron chi connectivity index (χ3n) is 2.53. The second-order valence-corrected chi connectivity index (χ2v) is 5.64. The van der Waals surface area contributed by atoms with Crippen molar-refractivity contribution in [2.24, 2.45) is 11.7 Å². The molecular formula is C13H17BrN2O3. The van der Waals surface area contributed by atoms with Crippen molar-refractivity contribution >= 4 is 33.5 Å². The number of amides is 1. The fourth-order valence-electron chi connectivity index (χ4n) is 1.65. The molecule has 1 rings (SSSR count). The Kier molecular flexibility index (Phi) is 5.50. The molecule has 6 heteroatoms. The lowest BCUT2D eigenvalue weighted by Gasteiger charge is -2.15. The van der Waals surface area contributed by atoms with E-state index in [1.807, 2.05) is 13.8 Å². The molecule has 0 fully saturated rings. The number of hydrogen-bond donors (Lipinski definition) is 3. The van der Waals surface area contributed by atoms with Crippen LogP contribution in [0.3, 0.4) is 0 Å². The number of carboxylic acids is 1. The fraction of sp³-hybridized carbons (Fsp3) is 0.385. The molecule has 0 aliphatic carbocycles. The average Bonchev–Trinajstić information content (AvgIpc) is 2.27. The molecule has 0 unspecified atom stereocenters. The summed E-state index contributed by atoms with van der Waals surface area (Å²) < 4.78 is 0.685. The van der Waals surface area contributed by atoms with Gasteiger partial charge in [0.1, 0.15) is 0 Å². The van der Waals surface area contributed by atoms with Crippen LogP contribution in [0.4, 0.5) is 5.69 Å². The van der Waals surface area contributed by atoms with Crippen LogP contribution in [0.15, 0.2) is 22.7 Å². The zero-order valence-electron chi connectivity index (χ0n) is 10.8. The van der Waals surface area contributed by atoms with E-state index in [-0.39, 0.29) is 17.2 Å². The number of rotatable bonds is 5. The minimum Gasteiger partial charge on any atom is -0.478 e. The van der Waals surface area contributed by atoms with Gasteiger partial charge in [-0.15, -0.1) is 0 Å². The Morgan fingerprint density at radius 1 is 1.42 bits per heavy atom. The molecule has 0 saturated carbocycles. The molecule has 4 N–H and O–H groups in total. The average molecular weight is 329 g/mol. The second-order valence-electron chi connectivity index (χ2n) is 4.72. The van der Waals surface area contributed by atoms with Crippen LogP contribution in [0.2, 0.25) is 0 Å². The van der Waals surface area contributed by atoms with Crippen molar-refractivity contribution in [1.82, 2.24) is 0 Å². The Bertz CT molecular complexity index is 489. The smallest absolute Gasteiger partial charge is 0.337 e. The first kappa shape index (κ1) is 15.7. The van der Waals surface area contributed by atoms with Gasteiger partial charge in [-0.1, -0.05) is 29.8 Å². The predicted molar refractivity (Wildman–Crippen MR) is 77.2 cm³/mol. The highest BCUT2D eigenvalue weighted by atomic mass is 79.9. The molecule has 0 radical (unpaired) electrons. The first-order valence-corrected chi connectivity index (χ1v) is 6.70. The van der Waals surface area contributed by atoms with Crippen LogP contribution in [0.5, 0.6) is 0 Å². The quantitative estimate of drug-likeness (QED) is 0.774. The Labute approximate surface area is 120 Å². The van der Waals surface area contributed by atoms with Gasteiger partial charge in [0, 0.05) is 4.47 Å². The number of nitrogens with two attached hydrogens (primary N) is 1. The number of carboxylic acid groups (broad SMARTS) is 1. The molecule has 104 valence electrons. The lowest BCUT2D eigenvalue weighted by atomic mass is 10.0. The highest BCUT2D eigenvalue weighted by Gasteiger charge is 2.18. The summed E-state index contributed by atoms with van der Waals surface area (Å²) >= 11 is 3.24. The summed E-state index contributed by atoms with van der Waals surface area (Å²) in [5, 5.41) is 11.6. The van der Waals surface area contributed by atoms with E-state index >= 15 is 0 Å². The van der Waals surface area contributed by atoms with Gasteiger partial charge < -0.3 is 16.2 Å². The van der Waals surface area contributed by atoms with Crippen LogP contribution in [-0.4, -0.2) is 23.0 Å². The van der Waals surface area contributed by atoms with Gasteiger partial charge in [0.25, 0.3) is 0 Å². The van der Waals surface area contributed by atoms with Gasteiger partial charge in [-0.05, 0) is 30.5 Å². The molecule has 0 aromatic heterocycles. The van der Waals surface area contributed by atoms with Crippen molar-refractivity contribution in [1.29, 1.82) is 0 Å². The van der Waals surface area contributed by atoms with Crippen molar-refractivity contribution in [3.63, 3.8) is 0 Å². The number of anilines is 1. The summed E-state index contributed by atoms with van der Waals surface area (Å²) in [6, 6.07) is 3.92. The van der Waals surface area contributed by atoms with E-state index in [0.717, 1.165) is 0 Å². The van der Waals surface area contributed by atoms with Crippen LogP contribution in [0, 0.1) is 5.92 Å². The molecule has 0 saturated heterocycles. The molecule has 1 amide bonds. The third kappa shape index (κ3) is 4.65. The van der Waals surface area contributed by atoms with Gasteiger partial charge in [-0.25, -0.2) is 4.79 Å². The topological polar surface area (TPSA) is 92.4 Å². The first-order chi connectivity index (χ1) is 8.81. The second kappa shape index (κ2) is 6.68. The minimum absolute atomic E-state index is 0.0355. The first-order valence-electron chi connectivity index (χ1n) is 5.90. The van der Waals surface area contributed by atoms with Gasteiger partial charge in [-0.3, -0.25) is 4.79 Å². The van der Waals surface area contributed by atoms with Crippen LogP contribution < -0.4 is 11.1 Å². The van der Waals surface area contributed by atoms with Crippen LogP contribution in [0.1, 0.15) is 30.6 Å². The maximum absolute atomic E-state index is 11.9. The molecule has 19 heavy (non-hydrogen) atoms.